The average molecular weight is 348 g/mol. The van der Waals surface area contributed by atoms with Gasteiger partial charge < -0.3 is 15.2 Å². The highest BCUT2D eigenvalue weighted by molar-refractivity contribution is 5.96. The van der Waals surface area contributed by atoms with Gasteiger partial charge in [0.1, 0.15) is 0 Å². The van der Waals surface area contributed by atoms with Gasteiger partial charge in [0.2, 0.25) is 0 Å². The summed E-state index contributed by atoms with van der Waals surface area (Å²) in [5.41, 5.74) is 3.94. The number of hydrogen-bond acceptors (Lipinski definition) is 2. The first-order valence-electron chi connectivity index (χ1n) is 8.34. The van der Waals surface area contributed by atoms with Crippen LogP contribution in [0.2, 0.25) is 0 Å². The summed E-state index contributed by atoms with van der Waals surface area (Å²) < 4.78 is 2.14. The number of rotatable bonds is 3. The van der Waals surface area contributed by atoms with E-state index < -0.39 is 0 Å². The summed E-state index contributed by atoms with van der Waals surface area (Å²) in [6.45, 7) is 8.18. The molecule has 1 saturated heterocycles. The van der Waals surface area contributed by atoms with Crippen molar-refractivity contribution >= 4 is 18.3 Å². The molecule has 1 aliphatic heterocycles. The van der Waals surface area contributed by atoms with Gasteiger partial charge in [0.15, 0.2) is 0 Å². The van der Waals surface area contributed by atoms with E-state index >= 15 is 0 Å². The molecule has 130 valence electrons. The fourth-order valence-corrected chi connectivity index (χ4v) is 3.44. The quantitative estimate of drug-likeness (QED) is 0.895. The molecule has 2 atom stereocenters. The van der Waals surface area contributed by atoms with Crippen LogP contribution in [-0.2, 0) is 0 Å². The first kappa shape index (κ1) is 18.6. The van der Waals surface area contributed by atoms with Crippen LogP contribution in [-0.4, -0.2) is 29.6 Å². The van der Waals surface area contributed by atoms with Crippen molar-refractivity contribution in [2.45, 2.75) is 33.2 Å². The van der Waals surface area contributed by atoms with Gasteiger partial charge in [-0.15, -0.1) is 12.4 Å². The molecule has 0 radical (unpaired) electrons. The van der Waals surface area contributed by atoms with Gasteiger partial charge in [0.05, 0.1) is 5.56 Å². The lowest BCUT2D eigenvalue weighted by Gasteiger charge is -2.30. The minimum atomic E-state index is 0. The molecule has 3 rings (SSSR count). The maximum absolute atomic E-state index is 12.7. The minimum Gasteiger partial charge on any atom is -0.349 e. The van der Waals surface area contributed by atoms with Gasteiger partial charge in [0.25, 0.3) is 5.91 Å². The number of halogens is 1. The lowest BCUT2D eigenvalue weighted by atomic mass is 9.95. The molecule has 2 unspecified atom stereocenters. The standard InChI is InChI=1S/C19H25N3O.ClH/c1-13-12-20-10-9-18(13)21-19(23)17-11-14(2)22(15(17)3)16-7-5-4-6-8-16;/h4-8,11,13,18,20H,9-10,12H2,1-3H3,(H,21,23);1H. The van der Waals surface area contributed by atoms with Crippen molar-refractivity contribution < 1.29 is 4.79 Å². The molecule has 2 aromatic rings. The average Bonchev–Trinajstić information content (AvgIpc) is 2.85. The molecule has 2 heterocycles. The highest BCUT2D eigenvalue weighted by Crippen LogP contribution is 2.21. The Morgan fingerprint density at radius 2 is 1.96 bits per heavy atom. The van der Waals surface area contributed by atoms with Gasteiger partial charge in [-0.25, -0.2) is 0 Å². The second-order valence-corrected chi connectivity index (χ2v) is 6.51. The molecular weight excluding hydrogens is 322 g/mol. The number of carbonyl (C=O) groups excluding carboxylic acids is 1. The van der Waals surface area contributed by atoms with Crippen molar-refractivity contribution in [2.24, 2.45) is 5.92 Å². The van der Waals surface area contributed by atoms with Gasteiger partial charge in [-0.1, -0.05) is 25.1 Å². The molecular formula is C19H26ClN3O. The molecule has 0 bridgehead atoms. The van der Waals surface area contributed by atoms with Crippen LogP contribution < -0.4 is 10.6 Å². The Hall–Kier alpha value is -1.78. The number of nitrogens with one attached hydrogen (secondary N) is 2. The third-order valence-electron chi connectivity index (χ3n) is 4.79. The molecule has 0 saturated carbocycles. The van der Waals surface area contributed by atoms with E-state index in [1.54, 1.807) is 0 Å². The highest BCUT2D eigenvalue weighted by atomic mass is 35.5. The number of para-hydroxylation sites is 1. The Morgan fingerprint density at radius 1 is 1.25 bits per heavy atom. The van der Waals surface area contributed by atoms with E-state index in [1.807, 2.05) is 38.1 Å². The second kappa shape index (κ2) is 7.86. The lowest BCUT2D eigenvalue weighted by Crippen LogP contribution is -2.48. The van der Waals surface area contributed by atoms with E-state index in [9.17, 15) is 4.79 Å². The number of hydrogen-bond donors (Lipinski definition) is 2. The third kappa shape index (κ3) is 3.65. The third-order valence-corrected chi connectivity index (χ3v) is 4.79. The zero-order valence-corrected chi connectivity index (χ0v) is 15.3. The van der Waals surface area contributed by atoms with Gasteiger partial charge >= 0.3 is 0 Å². The highest BCUT2D eigenvalue weighted by Gasteiger charge is 2.25. The van der Waals surface area contributed by atoms with Gasteiger partial charge in [-0.05, 0) is 57.5 Å². The molecule has 24 heavy (non-hydrogen) atoms. The Kier molecular flexibility index (Phi) is 6.08. The number of aryl methyl sites for hydroxylation is 1. The molecule has 1 aromatic heterocycles. The monoisotopic (exact) mass is 347 g/mol. The zero-order chi connectivity index (χ0) is 16.4. The Morgan fingerprint density at radius 3 is 2.62 bits per heavy atom. The van der Waals surface area contributed by atoms with Crippen molar-refractivity contribution in [2.75, 3.05) is 13.1 Å². The van der Waals surface area contributed by atoms with Crippen LogP contribution in [0.25, 0.3) is 5.69 Å². The molecule has 1 amide bonds. The Bertz CT molecular complexity index is 696. The van der Waals surface area contributed by atoms with E-state index in [0.29, 0.717) is 5.92 Å². The van der Waals surface area contributed by atoms with Crippen LogP contribution in [0.15, 0.2) is 36.4 Å². The number of piperidine rings is 1. The predicted octanol–water partition coefficient (Wildman–Crippen LogP) is 3.24. The summed E-state index contributed by atoms with van der Waals surface area (Å²) >= 11 is 0. The van der Waals surface area contributed by atoms with E-state index in [1.165, 1.54) is 0 Å². The fourth-order valence-electron chi connectivity index (χ4n) is 3.44. The smallest absolute Gasteiger partial charge is 0.253 e. The molecule has 0 spiro atoms. The summed E-state index contributed by atoms with van der Waals surface area (Å²) in [6.07, 6.45) is 0.990. The molecule has 2 N–H and O–H groups in total. The Balaban J connectivity index is 0.00000208. The first-order chi connectivity index (χ1) is 11.1. The Labute approximate surface area is 150 Å². The van der Waals surface area contributed by atoms with Gasteiger partial charge in [-0.3, -0.25) is 4.79 Å². The van der Waals surface area contributed by atoms with Crippen LogP contribution in [0.4, 0.5) is 0 Å². The molecule has 0 aliphatic carbocycles. The molecule has 1 aromatic carbocycles. The predicted molar refractivity (Wildman–Crippen MR) is 100 cm³/mol. The normalized spacial score (nSPS) is 20.3. The number of amides is 1. The molecule has 1 aliphatic rings. The van der Waals surface area contributed by atoms with Crippen LogP contribution >= 0.6 is 12.4 Å². The summed E-state index contributed by atoms with van der Waals surface area (Å²) in [4.78, 5) is 12.7. The van der Waals surface area contributed by atoms with Crippen LogP contribution in [0, 0.1) is 19.8 Å². The van der Waals surface area contributed by atoms with E-state index in [-0.39, 0.29) is 24.4 Å². The fraction of sp³-hybridized carbons (Fsp3) is 0.421. The van der Waals surface area contributed by atoms with E-state index in [4.69, 9.17) is 0 Å². The summed E-state index contributed by atoms with van der Waals surface area (Å²) in [5.74, 6) is 0.504. The summed E-state index contributed by atoms with van der Waals surface area (Å²) in [7, 11) is 0. The van der Waals surface area contributed by atoms with Gasteiger partial charge in [-0.2, -0.15) is 0 Å². The maximum Gasteiger partial charge on any atom is 0.253 e. The largest absolute Gasteiger partial charge is 0.349 e. The number of benzene rings is 1. The zero-order valence-electron chi connectivity index (χ0n) is 14.5. The van der Waals surface area contributed by atoms with Crippen molar-refractivity contribution in [3.8, 4) is 5.69 Å². The summed E-state index contributed by atoms with van der Waals surface area (Å²) in [5, 5.41) is 6.59. The lowest BCUT2D eigenvalue weighted by molar-refractivity contribution is 0.0913. The molecule has 5 heteroatoms. The van der Waals surface area contributed by atoms with Crippen molar-refractivity contribution in [3.05, 3.63) is 53.3 Å². The second-order valence-electron chi connectivity index (χ2n) is 6.51. The first-order valence-corrected chi connectivity index (χ1v) is 8.34. The molecule has 1 fully saturated rings. The number of nitrogens with zero attached hydrogens (tertiary/aromatic N) is 1. The van der Waals surface area contributed by atoms with Gasteiger partial charge in [0, 0.05) is 23.1 Å². The summed E-state index contributed by atoms with van der Waals surface area (Å²) in [6, 6.07) is 12.4. The topological polar surface area (TPSA) is 46.1 Å². The van der Waals surface area contributed by atoms with Crippen molar-refractivity contribution in [1.29, 1.82) is 0 Å². The SMILES string of the molecule is Cc1cc(C(=O)NC2CCNCC2C)c(C)n1-c1ccccc1.Cl. The van der Waals surface area contributed by atoms with Crippen LogP contribution in [0.3, 0.4) is 0 Å². The van der Waals surface area contributed by atoms with Crippen LogP contribution in [0.5, 0.6) is 0 Å². The number of carbonyl (C=O) groups is 1. The van der Waals surface area contributed by atoms with Crippen molar-refractivity contribution in [3.63, 3.8) is 0 Å². The van der Waals surface area contributed by atoms with E-state index in [0.717, 1.165) is 42.1 Å². The maximum atomic E-state index is 12.7. The number of aromatic nitrogens is 1. The van der Waals surface area contributed by atoms with Crippen LogP contribution in [0.1, 0.15) is 35.1 Å². The van der Waals surface area contributed by atoms with Crippen molar-refractivity contribution in [1.82, 2.24) is 15.2 Å². The minimum absolute atomic E-state index is 0. The van der Waals surface area contributed by atoms with E-state index in [2.05, 4.69) is 34.3 Å². The molecule has 4 nitrogen and oxygen atoms in total.